The molecule has 1 aliphatic heterocycles. The molecule has 0 radical (unpaired) electrons. The number of likely N-dealkylation sites (tertiary alicyclic amines) is 1. The highest BCUT2D eigenvalue weighted by molar-refractivity contribution is 5.77. The summed E-state index contributed by atoms with van der Waals surface area (Å²) in [5, 5.41) is 0. The molecule has 0 aromatic rings. The van der Waals surface area contributed by atoms with Crippen molar-refractivity contribution in [1.29, 1.82) is 0 Å². The second-order valence-electron chi connectivity index (χ2n) is 6.86. The summed E-state index contributed by atoms with van der Waals surface area (Å²) in [6.45, 7) is 12.4. The van der Waals surface area contributed by atoms with Gasteiger partial charge in [-0.15, -0.1) is 0 Å². The zero-order valence-electron chi connectivity index (χ0n) is 11.3. The lowest BCUT2D eigenvalue weighted by Gasteiger charge is -2.28. The number of carbonyl (C=O) groups excluding carboxylic acids is 1. The Morgan fingerprint density at radius 2 is 1.88 bits per heavy atom. The fraction of sp³-hybridized carbons (Fsp3) is 0.923. The highest BCUT2D eigenvalue weighted by Crippen LogP contribution is 2.33. The van der Waals surface area contributed by atoms with E-state index in [-0.39, 0.29) is 5.91 Å². The maximum atomic E-state index is 12.0. The summed E-state index contributed by atoms with van der Waals surface area (Å²) in [6, 6.07) is 0. The van der Waals surface area contributed by atoms with Gasteiger partial charge < -0.3 is 10.6 Å². The minimum Gasteiger partial charge on any atom is -0.342 e. The van der Waals surface area contributed by atoms with Gasteiger partial charge in [-0.3, -0.25) is 4.79 Å². The Morgan fingerprint density at radius 1 is 1.31 bits per heavy atom. The van der Waals surface area contributed by atoms with Crippen LogP contribution in [0.5, 0.6) is 0 Å². The fourth-order valence-electron chi connectivity index (χ4n) is 2.20. The Kier molecular flexibility index (Phi) is 3.68. The topological polar surface area (TPSA) is 46.3 Å². The van der Waals surface area contributed by atoms with E-state index in [9.17, 15) is 4.79 Å². The van der Waals surface area contributed by atoms with Crippen molar-refractivity contribution >= 4 is 5.91 Å². The molecule has 1 unspecified atom stereocenters. The number of hydrogen-bond donors (Lipinski definition) is 1. The molecule has 0 aromatic carbocycles. The van der Waals surface area contributed by atoms with Gasteiger partial charge in [0.1, 0.15) is 0 Å². The molecule has 1 aliphatic rings. The van der Waals surface area contributed by atoms with Gasteiger partial charge in [-0.1, -0.05) is 20.8 Å². The second kappa shape index (κ2) is 4.36. The van der Waals surface area contributed by atoms with Crippen molar-refractivity contribution in [3.63, 3.8) is 0 Å². The van der Waals surface area contributed by atoms with Crippen LogP contribution in [0.2, 0.25) is 0 Å². The van der Waals surface area contributed by atoms with E-state index >= 15 is 0 Å². The van der Waals surface area contributed by atoms with Crippen molar-refractivity contribution in [2.75, 3.05) is 13.1 Å². The third-order valence-electron chi connectivity index (χ3n) is 3.37. The first-order valence-electron chi connectivity index (χ1n) is 6.16. The SMILES string of the molecule is CC(C)(N)CC(=O)N1CCC(C(C)(C)C)C1. The molecule has 0 aliphatic carbocycles. The number of carbonyl (C=O) groups is 1. The van der Waals surface area contributed by atoms with Crippen molar-refractivity contribution in [3.05, 3.63) is 0 Å². The van der Waals surface area contributed by atoms with Crippen molar-refractivity contribution in [3.8, 4) is 0 Å². The van der Waals surface area contributed by atoms with Crippen molar-refractivity contribution in [2.24, 2.45) is 17.1 Å². The van der Waals surface area contributed by atoms with Gasteiger partial charge in [0.05, 0.1) is 0 Å². The number of amides is 1. The largest absolute Gasteiger partial charge is 0.342 e. The van der Waals surface area contributed by atoms with E-state index < -0.39 is 5.54 Å². The van der Waals surface area contributed by atoms with Crippen LogP contribution in [0.4, 0.5) is 0 Å². The van der Waals surface area contributed by atoms with Gasteiger partial charge in [-0.25, -0.2) is 0 Å². The number of hydrogen-bond acceptors (Lipinski definition) is 2. The zero-order valence-corrected chi connectivity index (χ0v) is 11.3. The van der Waals surface area contributed by atoms with Crippen LogP contribution in [0, 0.1) is 11.3 Å². The van der Waals surface area contributed by atoms with Crippen LogP contribution in [-0.2, 0) is 4.79 Å². The van der Waals surface area contributed by atoms with E-state index in [0.29, 0.717) is 17.8 Å². The first kappa shape index (κ1) is 13.5. The first-order valence-corrected chi connectivity index (χ1v) is 6.16. The van der Waals surface area contributed by atoms with E-state index in [1.807, 2.05) is 18.7 Å². The maximum absolute atomic E-state index is 12.0. The third-order valence-corrected chi connectivity index (χ3v) is 3.37. The average Bonchev–Trinajstić information content (AvgIpc) is 2.46. The van der Waals surface area contributed by atoms with Gasteiger partial charge in [0.2, 0.25) is 5.91 Å². The van der Waals surface area contributed by atoms with Crippen LogP contribution in [-0.4, -0.2) is 29.4 Å². The van der Waals surface area contributed by atoms with Crippen molar-refractivity contribution in [2.45, 2.75) is 53.0 Å². The Balaban J connectivity index is 2.51. The number of rotatable bonds is 2. The van der Waals surface area contributed by atoms with Crippen molar-refractivity contribution < 1.29 is 4.79 Å². The summed E-state index contributed by atoms with van der Waals surface area (Å²) in [4.78, 5) is 14.0. The summed E-state index contributed by atoms with van der Waals surface area (Å²) >= 11 is 0. The summed E-state index contributed by atoms with van der Waals surface area (Å²) in [7, 11) is 0. The number of nitrogens with two attached hydrogens (primary N) is 1. The van der Waals surface area contributed by atoms with Crippen LogP contribution in [0.1, 0.15) is 47.5 Å². The van der Waals surface area contributed by atoms with Crippen LogP contribution >= 0.6 is 0 Å². The Hall–Kier alpha value is -0.570. The van der Waals surface area contributed by atoms with Gasteiger partial charge in [-0.05, 0) is 31.6 Å². The second-order valence-corrected chi connectivity index (χ2v) is 6.86. The highest BCUT2D eigenvalue weighted by Gasteiger charge is 2.34. The summed E-state index contributed by atoms with van der Waals surface area (Å²) in [6.07, 6.45) is 1.57. The Morgan fingerprint density at radius 3 is 2.25 bits per heavy atom. The van der Waals surface area contributed by atoms with E-state index in [1.165, 1.54) is 0 Å². The molecule has 1 amide bonds. The molecule has 3 heteroatoms. The van der Waals surface area contributed by atoms with E-state index in [0.717, 1.165) is 19.5 Å². The molecule has 0 saturated carbocycles. The third kappa shape index (κ3) is 3.78. The minimum absolute atomic E-state index is 0.208. The van der Waals surface area contributed by atoms with Gasteiger partial charge >= 0.3 is 0 Å². The maximum Gasteiger partial charge on any atom is 0.224 e. The molecule has 0 aromatic heterocycles. The van der Waals surface area contributed by atoms with Gasteiger partial charge in [0.25, 0.3) is 0 Å². The quantitative estimate of drug-likeness (QED) is 0.783. The van der Waals surface area contributed by atoms with Crippen LogP contribution in [0.25, 0.3) is 0 Å². The van der Waals surface area contributed by atoms with E-state index in [2.05, 4.69) is 20.8 Å². The molecular weight excluding hydrogens is 200 g/mol. The fourth-order valence-corrected chi connectivity index (χ4v) is 2.20. The van der Waals surface area contributed by atoms with E-state index in [4.69, 9.17) is 5.73 Å². The standard InChI is InChI=1S/C13H26N2O/c1-12(2,3)10-6-7-15(9-10)11(16)8-13(4,5)14/h10H,6-9,14H2,1-5H3. The van der Waals surface area contributed by atoms with Crippen LogP contribution in [0.15, 0.2) is 0 Å². The minimum atomic E-state index is -0.392. The highest BCUT2D eigenvalue weighted by atomic mass is 16.2. The predicted molar refractivity (Wildman–Crippen MR) is 67.0 cm³/mol. The molecule has 2 N–H and O–H groups in total. The smallest absolute Gasteiger partial charge is 0.224 e. The summed E-state index contributed by atoms with van der Waals surface area (Å²) in [5.74, 6) is 0.830. The molecule has 16 heavy (non-hydrogen) atoms. The monoisotopic (exact) mass is 226 g/mol. The van der Waals surface area contributed by atoms with E-state index in [1.54, 1.807) is 0 Å². The molecule has 0 bridgehead atoms. The van der Waals surface area contributed by atoms with Gasteiger partial charge in [0, 0.05) is 25.0 Å². The molecule has 1 fully saturated rings. The summed E-state index contributed by atoms with van der Waals surface area (Å²) < 4.78 is 0. The molecule has 1 atom stereocenters. The lowest BCUT2D eigenvalue weighted by Crippen LogP contribution is -2.40. The number of nitrogens with zero attached hydrogens (tertiary/aromatic N) is 1. The Labute approximate surface area is 99.4 Å². The molecular formula is C13H26N2O. The summed E-state index contributed by atoms with van der Waals surface area (Å²) in [5.41, 5.74) is 5.78. The van der Waals surface area contributed by atoms with Crippen LogP contribution in [0.3, 0.4) is 0 Å². The first-order chi connectivity index (χ1) is 7.09. The average molecular weight is 226 g/mol. The molecule has 1 saturated heterocycles. The van der Waals surface area contributed by atoms with Crippen LogP contribution < -0.4 is 5.73 Å². The molecule has 3 nitrogen and oxygen atoms in total. The normalized spacial score (nSPS) is 22.6. The van der Waals surface area contributed by atoms with Gasteiger partial charge in [0.15, 0.2) is 0 Å². The van der Waals surface area contributed by atoms with Crippen molar-refractivity contribution in [1.82, 2.24) is 4.90 Å². The molecule has 0 spiro atoms. The lowest BCUT2D eigenvalue weighted by molar-refractivity contribution is -0.131. The Bertz CT molecular complexity index is 260. The predicted octanol–water partition coefficient (Wildman–Crippen LogP) is 2.01. The molecule has 1 heterocycles. The van der Waals surface area contributed by atoms with Gasteiger partial charge in [-0.2, -0.15) is 0 Å². The lowest BCUT2D eigenvalue weighted by atomic mass is 9.80. The molecule has 1 rings (SSSR count). The zero-order chi connectivity index (χ0) is 12.6. The molecule has 94 valence electrons.